The van der Waals surface area contributed by atoms with Gasteiger partial charge in [0.05, 0.1) is 0 Å². The van der Waals surface area contributed by atoms with Crippen LogP contribution >= 0.6 is 0 Å². The molecule has 0 saturated heterocycles. The first-order valence-corrected chi connectivity index (χ1v) is 5.79. The fourth-order valence-electron chi connectivity index (χ4n) is 1.23. The average Bonchev–Trinajstić information content (AvgIpc) is 2.20. The molecule has 0 aromatic heterocycles. The molecule has 0 spiro atoms. The summed E-state index contributed by atoms with van der Waals surface area (Å²) >= 11 is 0. The number of allylic oxidation sites excluding steroid dienone is 4. The van der Waals surface area contributed by atoms with Crippen molar-refractivity contribution in [1.29, 1.82) is 0 Å². The monoisotopic (exact) mass is 210 g/mol. The molecule has 0 bridgehead atoms. The van der Waals surface area contributed by atoms with Crippen molar-refractivity contribution < 1.29 is 9.90 Å². The van der Waals surface area contributed by atoms with E-state index in [0.717, 1.165) is 12.8 Å². The molecule has 0 amide bonds. The maximum absolute atomic E-state index is 10.2. The molecule has 0 aromatic carbocycles. The van der Waals surface area contributed by atoms with Gasteiger partial charge in [0, 0.05) is 6.42 Å². The third-order valence-corrected chi connectivity index (χ3v) is 2.10. The quantitative estimate of drug-likeness (QED) is 0.462. The lowest BCUT2D eigenvalue weighted by molar-refractivity contribution is -0.136. The minimum atomic E-state index is -0.727. The number of rotatable bonds is 9. The second-order valence-corrected chi connectivity index (χ2v) is 3.61. The van der Waals surface area contributed by atoms with Crippen molar-refractivity contribution in [2.24, 2.45) is 0 Å². The van der Waals surface area contributed by atoms with Gasteiger partial charge in [-0.05, 0) is 25.7 Å². The van der Waals surface area contributed by atoms with E-state index < -0.39 is 5.97 Å². The Morgan fingerprint density at radius 3 is 2.33 bits per heavy atom. The van der Waals surface area contributed by atoms with Crippen LogP contribution in [-0.2, 0) is 4.79 Å². The first-order chi connectivity index (χ1) is 7.27. The van der Waals surface area contributed by atoms with E-state index in [1.165, 1.54) is 19.3 Å². The largest absolute Gasteiger partial charge is 0.481 e. The Hall–Kier alpha value is -1.05. The third-order valence-electron chi connectivity index (χ3n) is 2.10. The Morgan fingerprint density at radius 2 is 1.73 bits per heavy atom. The van der Waals surface area contributed by atoms with Crippen molar-refractivity contribution in [2.45, 2.75) is 51.9 Å². The second-order valence-electron chi connectivity index (χ2n) is 3.61. The Balaban J connectivity index is 3.24. The van der Waals surface area contributed by atoms with E-state index in [4.69, 9.17) is 5.11 Å². The van der Waals surface area contributed by atoms with Gasteiger partial charge < -0.3 is 5.11 Å². The maximum atomic E-state index is 10.2. The van der Waals surface area contributed by atoms with E-state index in [-0.39, 0.29) is 6.42 Å². The van der Waals surface area contributed by atoms with E-state index in [1.54, 1.807) is 0 Å². The molecule has 0 radical (unpaired) electrons. The molecule has 0 aliphatic rings. The van der Waals surface area contributed by atoms with E-state index in [9.17, 15) is 4.79 Å². The first-order valence-electron chi connectivity index (χ1n) is 5.79. The molecule has 0 aliphatic heterocycles. The van der Waals surface area contributed by atoms with Crippen molar-refractivity contribution >= 4 is 5.97 Å². The Morgan fingerprint density at radius 1 is 1.07 bits per heavy atom. The summed E-state index contributed by atoms with van der Waals surface area (Å²) in [4.78, 5) is 10.2. The van der Waals surface area contributed by atoms with Gasteiger partial charge in [-0.25, -0.2) is 0 Å². The van der Waals surface area contributed by atoms with E-state index in [1.807, 2.05) is 12.2 Å². The van der Waals surface area contributed by atoms with Gasteiger partial charge in [0.25, 0.3) is 0 Å². The fourth-order valence-corrected chi connectivity index (χ4v) is 1.23. The van der Waals surface area contributed by atoms with Gasteiger partial charge >= 0.3 is 5.97 Å². The lowest BCUT2D eigenvalue weighted by Gasteiger charge is -1.90. The molecule has 0 fully saturated rings. The van der Waals surface area contributed by atoms with Crippen molar-refractivity contribution in [3.05, 3.63) is 24.3 Å². The predicted octanol–water partition coefficient (Wildman–Crippen LogP) is 3.93. The summed E-state index contributed by atoms with van der Waals surface area (Å²) in [6, 6.07) is 0. The maximum Gasteiger partial charge on any atom is 0.303 e. The zero-order valence-corrected chi connectivity index (χ0v) is 9.61. The fraction of sp³-hybridized carbons (Fsp3) is 0.615. The molecule has 15 heavy (non-hydrogen) atoms. The van der Waals surface area contributed by atoms with Crippen molar-refractivity contribution in [3.8, 4) is 0 Å². The normalized spacial score (nSPS) is 11.5. The molecule has 0 atom stereocenters. The molecule has 0 aliphatic carbocycles. The zero-order chi connectivity index (χ0) is 11.4. The van der Waals surface area contributed by atoms with Crippen LogP contribution in [0.4, 0.5) is 0 Å². The van der Waals surface area contributed by atoms with Crippen LogP contribution < -0.4 is 0 Å². The number of hydrogen-bond acceptors (Lipinski definition) is 1. The average molecular weight is 210 g/mol. The molecule has 2 nitrogen and oxygen atoms in total. The highest BCUT2D eigenvalue weighted by atomic mass is 16.4. The highest BCUT2D eigenvalue weighted by Crippen LogP contribution is 2.00. The van der Waals surface area contributed by atoms with Crippen molar-refractivity contribution in [3.63, 3.8) is 0 Å². The Kier molecular flexibility index (Phi) is 10.3. The molecule has 0 heterocycles. The van der Waals surface area contributed by atoms with E-state index in [2.05, 4.69) is 19.1 Å². The van der Waals surface area contributed by atoms with Crippen molar-refractivity contribution in [1.82, 2.24) is 0 Å². The van der Waals surface area contributed by atoms with Gasteiger partial charge in [-0.2, -0.15) is 0 Å². The van der Waals surface area contributed by atoms with Crippen LogP contribution in [0.15, 0.2) is 24.3 Å². The van der Waals surface area contributed by atoms with Crippen LogP contribution in [0.25, 0.3) is 0 Å². The minimum Gasteiger partial charge on any atom is -0.481 e. The van der Waals surface area contributed by atoms with Gasteiger partial charge in [0.2, 0.25) is 0 Å². The molecule has 2 heteroatoms. The number of carboxylic acid groups (broad SMARTS) is 1. The zero-order valence-electron chi connectivity index (χ0n) is 9.61. The number of carbonyl (C=O) groups is 1. The summed E-state index contributed by atoms with van der Waals surface area (Å²) in [5.41, 5.74) is 0. The number of carboxylic acids is 1. The number of aliphatic carboxylic acids is 1. The molecular weight excluding hydrogens is 188 g/mol. The van der Waals surface area contributed by atoms with E-state index in [0.29, 0.717) is 6.42 Å². The molecular formula is C13H22O2. The minimum absolute atomic E-state index is 0.233. The van der Waals surface area contributed by atoms with Gasteiger partial charge in [-0.3, -0.25) is 4.79 Å². The molecule has 0 rings (SSSR count). The van der Waals surface area contributed by atoms with Crippen LogP contribution in [0.3, 0.4) is 0 Å². The Labute approximate surface area is 92.7 Å². The molecule has 0 saturated carbocycles. The van der Waals surface area contributed by atoms with Crippen LogP contribution in [-0.4, -0.2) is 11.1 Å². The third kappa shape index (κ3) is 12.9. The SMILES string of the molecule is CCCCC/C=C\C/C=C\CCC(=O)O. The number of unbranched alkanes of at least 4 members (excludes halogenated alkanes) is 3. The molecule has 86 valence electrons. The molecule has 1 N–H and O–H groups in total. The van der Waals surface area contributed by atoms with Crippen LogP contribution in [0.5, 0.6) is 0 Å². The van der Waals surface area contributed by atoms with Crippen LogP contribution in [0.1, 0.15) is 51.9 Å². The van der Waals surface area contributed by atoms with Crippen LogP contribution in [0.2, 0.25) is 0 Å². The smallest absolute Gasteiger partial charge is 0.303 e. The molecule has 0 unspecified atom stereocenters. The summed E-state index contributed by atoms with van der Waals surface area (Å²) in [6.07, 6.45) is 15.1. The van der Waals surface area contributed by atoms with Gasteiger partial charge in [0.15, 0.2) is 0 Å². The summed E-state index contributed by atoms with van der Waals surface area (Å²) < 4.78 is 0. The van der Waals surface area contributed by atoms with Gasteiger partial charge in [-0.1, -0.05) is 44.1 Å². The highest BCUT2D eigenvalue weighted by Gasteiger charge is 1.90. The summed E-state index contributed by atoms with van der Waals surface area (Å²) in [6.45, 7) is 2.20. The Bertz CT molecular complexity index is 205. The van der Waals surface area contributed by atoms with Gasteiger partial charge in [0.1, 0.15) is 0 Å². The van der Waals surface area contributed by atoms with Gasteiger partial charge in [-0.15, -0.1) is 0 Å². The summed E-state index contributed by atoms with van der Waals surface area (Å²) in [5.74, 6) is -0.727. The highest BCUT2D eigenvalue weighted by molar-refractivity contribution is 5.66. The summed E-state index contributed by atoms with van der Waals surface area (Å²) in [5, 5.41) is 8.39. The lowest BCUT2D eigenvalue weighted by atomic mass is 10.2. The lowest BCUT2D eigenvalue weighted by Crippen LogP contribution is -1.91. The molecule has 0 aromatic rings. The predicted molar refractivity (Wildman–Crippen MR) is 63.9 cm³/mol. The summed E-state index contributed by atoms with van der Waals surface area (Å²) in [7, 11) is 0. The standard InChI is InChI=1S/C13H22O2/c1-2-3-4-5-6-7-8-9-10-11-12-13(14)15/h6-7,9-10H,2-5,8,11-12H2,1H3,(H,14,15)/b7-6-,10-9-. The first kappa shape index (κ1) is 13.9. The second kappa shape index (κ2) is 11.0. The van der Waals surface area contributed by atoms with Crippen molar-refractivity contribution in [2.75, 3.05) is 0 Å². The number of hydrogen-bond donors (Lipinski definition) is 1. The van der Waals surface area contributed by atoms with Crippen LogP contribution in [0, 0.1) is 0 Å². The van der Waals surface area contributed by atoms with E-state index >= 15 is 0 Å². The topological polar surface area (TPSA) is 37.3 Å².